The number of aromatic hydroxyl groups is 2. The Kier molecular flexibility index (Phi) is 10.4. The fourth-order valence-corrected chi connectivity index (χ4v) is 4.16. The number of rotatable bonds is 6. The topological polar surface area (TPSA) is 64.5 Å². The molecular weight excluding hydrogens is 619 g/mol. The van der Waals surface area contributed by atoms with Crippen molar-refractivity contribution in [1.29, 1.82) is 0 Å². The molecule has 0 unspecified atom stereocenters. The summed E-state index contributed by atoms with van der Waals surface area (Å²) in [4.78, 5) is 0. The van der Waals surface area contributed by atoms with Gasteiger partial charge >= 0.3 is 12.4 Å². The van der Waals surface area contributed by atoms with Gasteiger partial charge < -0.3 is 20.8 Å². The third-order valence-electron chi connectivity index (χ3n) is 5.68. The third-order valence-corrected chi connectivity index (χ3v) is 6.19. The van der Waals surface area contributed by atoms with Gasteiger partial charge in [-0.05, 0) is 47.5 Å². The molecule has 0 saturated carbocycles. The fraction of sp³-hybridized carbons (Fsp3) is 0.143. The molecule has 4 rings (SSSR count). The summed E-state index contributed by atoms with van der Waals surface area (Å²) < 4.78 is 103. The predicted molar refractivity (Wildman–Crippen MR) is 144 cm³/mol. The van der Waals surface area contributed by atoms with Crippen molar-refractivity contribution in [2.24, 2.45) is 0 Å². The maximum absolute atomic E-state index is 13.1. The van der Waals surface area contributed by atoms with E-state index in [1.54, 1.807) is 0 Å². The van der Waals surface area contributed by atoms with E-state index in [9.17, 15) is 45.3 Å². The van der Waals surface area contributed by atoms with Crippen molar-refractivity contribution >= 4 is 34.6 Å². The lowest BCUT2D eigenvalue weighted by molar-refractivity contribution is -0.139. The number of benzene rings is 4. The number of nitrogens with one attached hydrogen (secondary N) is 2. The van der Waals surface area contributed by atoms with E-state index in [1.165, 1.54) is 48.5 Å². The minimum absolute atomic E-state index is 0.0223. The van der Waals surface area contributed by atoms with Gasteiger partial charge in [-0.3, -0.25) is 0 Å². The summed E-state index contributed by atoms with van der Waals surface area (Å²) in [5.74, 6) is -3.93. The Hall–Kier alpha value is -3.90. The molecule has 0 amide bonds. The Balaban J connectivity index is 0.000000230. The first-order chi connectivity index (χ1) is 19.6. The summed E-state index contributed by atoms with van der Waals surface area (Å²) in [6.07, 6.45) is -8.96. The van der Waals surface area contributed by atoms with Crippen LogP contribution in [0.25, 0.3) is 0 Å². The van der Waals surface area contributed by atoms with Crippen molar-refractivity contribution in [3.8, 4) is 11.5 Å². The van der Waals surface area contributed by atoms with E-state index < -0.39 is 40.9 Å². The van der Waals surface area contributed by atoms with Gasteiger partial charge in [-0.1, -0.05) is 59.6 Å². The first kappa shape index (κ1) is 32.6. The smallest absolute Gasteiger partial charge is 0.416 e. The van der Waals surface area contributed by atoms with Crippen molar-refractivity contribution in [2.75, 3.05) is 10.6 Å². The van der Waals surface area contributed by atoms with Gasteiger partial charge in [0.2, 0.25) is 5.82 Å². The maximum atomic E-state index is 13.1. The van der Waals surface area contributed by atoms with Gasteiger partial charge in [-0.15, -0.1) is 0 Å². The highest BCUT2D eigenvalue weighted by molar-refractivity contribution is 6.36. The van der Waals surface area contributed by atoms with Crippen molar-refractivity contribution in [2.45, 2.75) is 25.4 Å². The van der Waals surface area contributed by atoms with Crippen molar-refractivity contribution < 1.29 is 45.3 Å². The zero-order valence-corrected chi connectivity index (χ0v) is 22.5. The van der Waals surface area contributed by atoms with Gasteiger partial charge in [0.1, 0.15) is 0 Å². The molecule has 42 heavy (non-hydrogen) atoms. The summed E-state index contributed by atoms with van der Waals surface area (Å²) in [7, 11) is 0. The predicted octanol–water partition coefficient (Wildman–Crippen LogP) is 9.63. The lowest BCUT2D eigenvalue weighted by atomic mass is 10.1. The molecule has 0 aliphatic carbocycles. The largest absolute Gasteiger partial charge is 0.504 e. The highest BCUT2D eigenvalue weighted by Gasteiger charge is 2.33. The van der Waals surface area contributed by atoms with Crippen LogP contribution in [0.1, 0.15) is 22.3 Å². The summed E-state index contributed by atoms with van der Waals surface area (Å²) >= 11 is 11.5. The second-order valence-electron chi connectivity index (χ2n) is 8.56. The van der Waals surface area contributed by atoms with Crippen molar-refractivity contribution in [3.63, 3.8) is 0 Å². The summed E-state index contributed by atoms with van der Waals surface area (Å²) in [6.45, 7) is -0.422. The summed E-state index contributed by atoms with van der Waals surface area (Å²) in [6, 6.07) is 14.6. The molecule has 0 aromatic heterocycles. The van der Waals surface area contributed by atoms with Crippen LogP contribution in [-0.2, 0) is 25.4 Å². The molecule has 0 atom stereocenters. The molecule has 0 fully saturated rings. The molecule has 4 nitrogen and oxygen atoms in total. The van der Waals surface area contributed by atoms with Crippen LogP contribution in [0.15, 0.2) is 72.8 Å². The molecule has 0 spiro atoms. The van der Waals surface area contributed by atoms with Gasteiger partial charge in [-0.2, -0.15) is 30.7 Å². The van der Waals surface area contributed by atoms with Crippen molar-refractivity contribution in [3.05, 3.63) is 117 Å². The Labute approximate surface area is 244 Å². The number of halogens is 10. The van der Waals surface area contributed by atoms with E-state index in [-0.39, 0.29) is 51.4 Å². The number of hydrogen-bond donors (Lipinski definition) is 4. The summed E-state index contributed by atoms with van der Waals surface area (Å²) in [5, 5.41) is 24.6. The Bertz CT molecular complexity index is 1550. The molecule has 0 saturated heterocycles. The van der Waals surface area contributed by atoms with Crippen LogP contribution < -0.4 is 10.6 Å². The van der Waals surface area contributed by atoms with Crippen LogP contribution in [0.2, 0.25) is 10.0 Å². The minimum atomic E-state index is -4.52. The molecule has 224 valence electrons. The molecule has 0 aliphatic rings. The molecule has 0 heterocycles. The number of alkyl halides is 6. The monoisotopic (exact) mass is 638 g/mol. The zero-order valence-electron chi connectivity index (χ0n) is 21.0. The number of phenolic OH excluding ortho intramolecular Hbond substituents is 2. The van der Waals surface area contributed by atoms with Gasteiger partial charge in [0, 0.05) is 18.1 Å². The Morgan fingerprint density at radius 2 is 1.10 bits per heavy atom. The number of anilines is 2. The zero-order chi connectivity index (χ0) is 31.2. The second kappa shape index (κ2) is 13.4. The van der Waals surface area contributed by atoms with Crippen LogP contribution in [0.4, 0.5) is 46.5 Å². The summed E-state index contributed by atoms with van der Waals surface area (Å²) in [5.41, 5.74) is -1.60. The minimum Gasteiger partial charge on any atom is -0.504 e. The van der Waals surface area contributed by atoms with Crippen LogP contribution in [0.3, 0.4) is 0 Å². The van der Waals surface area contributed by atoms with Gasteiger partial charge in [0.05, 0.1) is 27.5 Å². The maximum Gasteiger partial charge on any atom is 0.416 e. The fourth-order valence-electron chi connectivity index (χ4n) is 3.67. The van der Waals surface area contributed by atoms with Crippen LogP contribution in [0, 0.1) is 11.6 Å². The van der Waals surface area contributed by atoms with Crippen LogP contribution in [-0.4, -0.2) is 10.2 Å². The van der Waals surface area contributed by atoms with E-state index in [0.717, 1.165) is 24.3 Å². The van der Waals surface area contributed by atoms with Gasteiger partial charge in [-0.25, -0.2) is 4.39 Å². The normalized spacial score (nSPS) is 11.5. The molecule has 4 aromatic rings. The Morgan fingerprint density at radius 1 is 0.619 bits per heavy atom. The van der Waals surface area contributed by atoms with E-state index in [4.69, 9.17) is 23.2 Å². The molecule has 0 aliphatic heterocycles. The van der Waals surface area contributed by atoms with Crippen LogP contribution in [0.5, 0.6) is 11.5 Å². The first-order valence-electron chi connectivity index (χ1n) is 11.7. The molecular formula is C28H20Cl2F8N2O2. The van der Waals surface area contributed by atoms with Crippen LogP contribution >= 0.6 is 23.2 Å². The highest BCUT2D eigenvalue weighted by Crippen LogP contribution is 2.37. The lowest BCUT2D eigenvalue weighted by Gasteiger charge is -2.15. The Morgan fingerprint density at radius 3 is 1.60 bits per heavy atom. The molecule has 0 radical (unpaired) electrons. The lowest BCUT2D eigenvalue weighted by Crippen LogP contribution is -2.11. The average molecular weight is 639 g/mol. The highest BCUT2D eigenvalue weighted by atomic mass is 35.5. The molecule has 14 heteroatoms. The van der Waals surface area contributed by atoms with Gasteiger partial charge in [0.25, 0.3) is 0 Å². The number of phenols is 2. The van der Waals surface area contributed by atoms with Crippen molar-refractivity contribution in [1.82, 2.24) is 0 Å². The van der Waals surface area contributed by atoms with E-state index >= 15 is 0 Å². The molecule has 4 N–H and O–H groups in total. The quantitative estimate of drug-likeness (QED) is 0.125. The molecule has 4 aromatic carbocycles. The average Bonchev–Trinajstić information content (AvgIpc) is 2.92. The van der Waals surface area contributed by atoms with E-state index in [2.05, 4.69) is 10.6 Å². The number of hydrogen-bond acceptors (Lipinski definition) is 4. The second-order valence-corrected chi connectivity index (χ2v) is 9.40. The SMILES string of the molecule is Oc1c(Cl)cc(Cl)cc1NCc1ccccc1C(F)(F)F.Oc1c(NCc2ccccc2C(F)(F)F)ccc(F)c1F. The van der Waals surface area contributed by atoms with E-state index in [1.807, 2.05) is 0 Å². The molecule has 0 bridgehead atoms. The van der Waals surface area contributed by atoms with Gasteiger partial charge in [0.15, 0.2) is 17.3 Å². The first-order valence-corrected chi connectivity index (χ1v) is 12.5. The van der Waals surface area contributed by atoms with E-state index in [0.29, 0.717) is 0 Å². The third kappa shape index (κ3) is 8.32. The standard InChI is InChI=1S/C14H10Cl2F3NO.C14H10F5NO/c15-9-5-11(16)13(21)12(6-9)20-7-8-3-1-2-4-10(8)14(17,18)19;15-10-5-6-11(13(21)12(10)16)20-7-8-3-1-2-4-9(8)14(17,18)19/h2*1-6,20-21H,7H2.